The Morgan fingerprint density at radius 1 is 1.19 bits per heavy atom. The van der Waals surface area contributed by atoms with E-state index in [1.165, 1.54) is 0 Å². The molecule has 2 aromatic rings. The standard InChI is InChI=1S/C11H11Cl2N3/c1-6(2)10-14-11(16-15-10)9-7(12)4-3-5-8(9)13/h3-6H,1-2H3,(H,14,15,16). The van der Waals surface area contributed by atoms with Crippen LogP contribution in [0, 0.1) is 0 Å². The van der Waals surface area contributed by atoms with Crippen LogP contribution in [0.25, 0.3) is 11.4 Å². The second-order valence-corrected chi connectivity index (χ2v) is 4.61. The molecule has 1 N–H and O–H groups in total. The van der Waals surface area contributed by atoms with Crippen LogP contribution in [0.15, 0.2) is 18.2 Å². The molecule has 0 saturated heterocycles. The normalized spacial score (nSPS) is 11.1. The molecule has 0 aliphatic rings. The lowest BCUT2D eigenvalue weighted by Gasteiger charge is -2.01. The van der Waals surface area contributed by atoms with Gasteiger partial charge in [0.15, 0.2) is 5.82 Å². The number of H-pyrrole nitrogens is 1. The molecule has 1 heterocycles. The van der Waals surface area contributed by atoms with Crippen molar-refractivity contribution >= 4 is 23.2 Å². The van der Waals surface area contributed by atoms with Crippen LogP contribution in [-0.2, 0) is 0 Å². The van der Waals surface area contributed by atoms with Gasteiger partial charge < -0.3 is 0 Å². The molecule has 3 nitrogen and oxygen atoms in total. The third kappa shape index (κ3) is 2.06. The molecule has 16 heavy (non-hydrogen) atoms. The number of hydrogen-bond donors (Lipinski definition) is 1. The first-order chi connectivity index (χ1) is 7.59. The average Bonchev–Trinajstić information content (AvgIpc) is 2.66. The van der Waals surface area contributed by atoms with Gasteiger partial charge in [0, 0.05) is 5.92 Å². The topological polar surface area (TPSA) is 41.6 Å². The molecule has 2 rings (SSSR count). The summed E-state index contributed by atoms with van der Waals surface area (Å²) in [6.45, 7) is 4.08. The molecule has 1 aromatic heterocycles. The Morgan fingerprint density at radius 3 is 2.31 bits per heavy atom. The summed E-state index contributed by atoms with van der Waals surface area (Å²) < 4.78 is 0. The van der Waals surface area contributed by atoms with Crippen molar-refractivity contribution in [3.05, 3.63) is 34.1 Å². The Morgan fingerprint density at radius 2 is 1.81 bits per heavy atom. The summed E-state index contributed by atoms with van der Waals surface area (Å²) >= 11 is 12.1. The Labute approximate surface area is 104 Å². The molecule has 5 heteroatoms. The van der Waals surface area contributed by atoms with Crippen LogP contribution in [0.1, 0.15) is 25.6 Å². The van der Waals surface area contributed by atoms with Crippen molar-refractivity contribution in [3.63, 3.8) is 0 Å². The summed E-state index contributed by atoms with van der Waals surface area (Å²) in [5, 5.41) is 8.12. The van der Waals surface area contributed by atoms with E-state index in [0.29, 0.717) is 27.4 Å². The van der Waals surface area contributed by atoms with E-state index in [4.69, 9.17) is 23.2 Å². The fourth-order valence-electron chi connectivity index (χ4n) is 1.36. The molecule has 0 fully saturated rings. The zero-order chi connectivity index (χ0) is 11.7. The van der Waals surface area contributed by atoms with Gasteiger partial charge in [-0.15, -0.1) is 0 Å². The highest BCUT2D eigenvalue weighted by Gasteiger charge is 2.14. The summed E-state index contributed by atoms with van der Waals surface area (Å²) in [5.41, 5.74) is 0.675. The van der Waals surface area contributed by atoms with Crippen molar-refractivity contribution in [1.82, 2.24) is 15.2 Å². The third-order valence-electron chi connectivity index (χ3n) is 2.24. The van der Waals surface area contributed by atoms with E-state index < -0.39 is 0 Å². The van der Waals surface area contributed by atoms with E-state index in [0.717, 1.165) is 5.82 Å². The lowest BCUT2D eigenvalue weighted by molar-refractivity contribution is 0.781. The molecule has 0 atom stereocenters. The predicted molar refractivity (Wildman–Crippen MR) is 65.9 cm³/mol. The zero-order valence-corrected chi connectivity index (χ0v) is 10.5. The number of aromatic amines is 1. The van der Waals surface area contributed by atoms with Gasteiger partial charge in [0.05, 0.1) is 15.6 Å². The van der Waals surface area contributed by atoms with E-state index in [2.05, 4.69) is 15.2 Å². The minimum absolute atomic E-state index is 0.294. The third-order valence-corrected chi connectivity index (χ3v) is 2.87. The summed E-state index contributed by atoms with van der Waals surface area (Å²) in [4.78, 5) is 4.37. The van der Waals surface area contributed by atoms with E-state index in [1.54, 1.807) is 18.2 Å². The second-order valence-electron chi connectivity index (χ2n) is 3.80. The van der Waals surface area contributed by atoms with Gasteiger partial charge in [-0.3, -0.25) is 5.10 Å². The Kier molecular flexibility index (Phi) is 3.17. The minimum Gasteiger partial charge on any atom is -0.262 e. The summed E-state index contributed by atoms with van der Waals surface area (Å²) in [7, 11) is 0. The van der Waals surface area contributed by atoms with E-state index in [1.807, 2.05) is 13.8 Å². The van der Waals surface area contributed by atoms with Gasteiger partial charge in [-0.05, 0) is 12.1 Å². The Hall–Kier alpha value is -1.06. The first-order valence-corrected chi connectivity index (χ1v) is 5.72. The maximum Gasteiger partial charge on any atom is 0.184 e. The molecule has 0 bridgehead atoms. The molecular formula is C11H11Cl2N3. The van der Waals surface area contributed by atoms with E-state index in [9.17, 15) is 0 Å². The van der Waals surface area contributed by atoms with Crippen molar-refractivity contribution in [2.45, 2.75) is 19.8 Å². The molecule has 0 aliphatic carbocycles. The van der Waals surface area contributed by atoms with Crippen LogP contribution < -0.4 is 0 Å². The van der Waals surface area contributed by atoms with Gasteiger partial charge in [-0.25, -0.2) is 4.98 Å². The monoisotopic (exact) mass is 255 g/mol. The van der Waals surface area contributed by atoms with Gasteiger partial charge in [0.25, 0.3) is 0 Å². The largest absolute Gasteiger partial charge is 0.262 e. The molecule has 84 valence electrons. The number of rotatable bonds is 2. The number of benzene rings is 1. The average molecular weight is 256 g/mol. The summed E-state index contributed by atoms with van der Waals surface area (Å²) in [6, 6.07) is 5.34. The molecule has 1 aromatic carbocycles. The van der Waals surface area contributed by atoms with Crippen molar-refractivity contribution in [1.29, 1.82) is 0 Å². The quantitative estimate of drug-likeness (QED) is 0.885. The highest BCUT2D eigenvalue weighted by molar-refractivity contribution is 6.38. The summed E-state index contributed by atoms with van der Waals surface area (Å²) in [6.07, 6.45) is 0. The van der Waals surface area contributed by atoms with Crippen LogP contribution in [0.3, 0.4) is 0 Å². The van der Waals surface area contributed by atoms with Gasteiger partial charge >= 0.3 is 0 Å². The smallest absolute Gasteiger partial charge is 0.184 e. The summed E-state index contributed by atoms with van der Waals surface area (Å²) in [5.74, 6) is 1.66. The SMILES string of the molecule is CC(C)c1nc(-c2c(Cl)cccc2Cl)n[nH]1. The van der Waals surface area contributed by atoms with Gasteiger partial charge in [-0.1, -0.05) is 43.1 Å². The number of halogens is 2. The molecule has 0 amide bonds. The number of nitrogens with one attached hydrogen (secondary N) is 1. The molecule has 0 unspecified atom stereocenters. The minimum atomic E-state index is 0.294. The predicted octanol–water partition coefficient (Wildman–Crippen LogP) is 3.90. The maximum absolute atomic E-state index is 6.07. The number of nitrogens with zero attached hydrogens (tertiary/aromatic N) is 2. The van der Waals surface area contributed by atoms with Gasteiger partial charge in [-0.2, -0.15) is 5.10 Å². The Bertz CT molecular complexity index is 485. The van der Waals surface area contributed by atoms with Crippen LogP contribution in [-0.4, -0.2) is 15.2 Å². The van der Waals surface area contributed by atoms with Crippen molar-refractivity contribution in [2.75, 3.05) is 0 Å². The highest BCUT2D eigenvalue weighted by Crippen LogP contribution is 2.32. The highest BCUT2D eigenvalue weighted by atomic mass is 35.5. The lowest BCUT2D eigenvalue weighted by atomic mass is 10.2. The van der Waals surface area contributed by atoms with Crippen LogP contribution in [0.4, 0.5) is 0 Å². The van der Waals surface area contributed by atoms with Crippen molar-refractivity contribution < 1.29 is 0 Å². The molecule has 0 radical (unpaired) electrons. The lowest BCUT2D eigenvalue weighted by Crippen LogP contribution is -1.89. The molecule has 0 spiro atoms. The molecule has 0 saturated carbocycles. The zero-order valence-electron chi connectivity index (χ0n) is 8.96. The van der Waals surface area contributed by atoms with Crippen molar-refractivity contribution in [3.8, 4) is 11.4 Å². The van der Waals surface area contributed by atoms with E-state index >= 15 is 0 Å². The van der Waals surface area contributed by atoms with Crippen LogP contribution >= 0.6 is 23.2 Å². The number of aromatic nitrogens is 3. The van der Waals surface area contributed by atoms with E-state index in [-0.39, 0.29) is 0 Å². The first kappa shape index (κ1) is 11.4. The molecular weight excluding hydrogens is 245 g/mol. The molecule has 0 aliphatic heterocycles. The van der Waals surface area contributed by atoms with Crippen LogP contribution in [0.5, 0.6) is 0 Å². The fourth-order valence-corrected chi connectivity index (χ4v) is 1.92. The number of hydrogen-bond acceptors (Lipinski definition) is 2. The van der Waals surface area contributed by atoms with Crippen LogP contribution in [0.2, 0.25) is 10.0 Å². The fraction of sp³-hybridized carbons (Fsp3) is 0.273. The van der Waals surface area contributed by atoms with Gasteiger partial charge in [0.1, 0.15) is 5.82 Å². The van der Waals surface area contributed by atoms with Gasteiger partial charge in [0.2, 0.25) is 0 Å². The Balaban J connectivity index is 2.50. The second kappa shape index (κ2) is 4.44. The maximum atomic E-state index is 6.07. The van der Waals surface area contributed by atoms with Crippen molar-refractivity contribution in [2.24, 2.45) is 0 Å². The first-order valence-electron chi connectivity index (χ1n) is 4.96.